The normalized spacial score (nSPS) is 13.1. The number of hydrogen-bond donors (Lipinski definition) is 0. The Bertz CT molecular complexity index is 1790. The third kappa shape index (κ3) is 6.84. The number of imidazole rings is 1. The number of pyridine rings is 1. The quantitative estimate of drug-likeness (QED) is 0.0925. The molecule has 6 nitrogen and oxygen atoms in total. The number of rotatable bonds is 11. The summed E-state index contributed by atoms with van der Waals surface area (Å²) in [5, 5.41) is 0.923. The average molecular weight is 598 g/mol. The van der Waals surface area contributed by atoms with E-state index >= 15 is 0 Å². The van der Waals surface area contributed by atoms with E-state index in [0.29, 0.717) is 0 Å². The third-order valence-corrected chi connectivity index (χ3v) is 9.45. The van der Waals surface area contributed by atoms with Crippen molar-refractivity contribution in [3.05, 3.63) is 144 Å². The van der Waals surface area contributed by atoms with Crippen molar-refractivity contribution in [2.75, 3.05) is 18.0 Å². The third-order valence-electron chi connectivity index (χ3n) is 8.40. The highest BCUT2D eigenvalue weighted by molar-refractivity contribution is 7.98. The molecular weight excluding hydrogens is 561 g/mol. The van der Waals surface area contributed by atoms with Gasteiger partial charge in [0, 0.05) is 42.2 Å². The Kier molecular flexibility index (Phi) is 8.64. The number of aromatic nitrogens is 5. The molecule has 0 saturated carbocycles. The highest BCUT2D eigenvalue weighted by atomic mass is 32.2. The van der Waals surface area contributed by atoms with Gasteiger partial charge in [-0.3, -0.25) is 0 Å². The minimum absolute atomic E-state index is 0.733. The van der Waals surface area contributed by atoms with E-state index in [2.05, 4.69) is 126 Å². The number of fused-ring (bicyclic) bond motifs is 1. The molecule has 44 heavy (non-hydrogen) atoms. The van der Waals surface area contributed by atoms with Crippen LogP contribution in [-0.4, -0.2) is 32.6 Å². The number of hydrogen-bond acceptors (Lipinski definition) is 5. The first-order chi connectivity index (χ1) is 21.8. The average Bonchev–Trinajstić information content (AvgIpc) is 3.76. The second kappa shape index (κ2) is 13.4. The minimum atomic E-state index is 0.733. The van der Waals surface area contributed by atoms with Crippen LogP contribution >= 0.6 is 11.8 Å². The van der Waals surface area contributed by atoms with Crippen molar-refractivity contribution in [2.24, 2.45) is 0 Å². The van der Waals surface area contributed by atoms with Gasteiger partial charge in [0.2, 0.25) is 0 Å². The Morgan fingerprint density at radius 1 is 0.659 bits per heavy atom. The Hall–Kier alpha value is -4.49. The number of anilines is 1. The first-order valence-electron chi connectivity index (χ1n) is 15.5. The van der Waals surface area contributed by atoms with Crippen LogP contribution in [-0.2, 0) is 31.7 Å². The van der Waals surface area contributed by atoms with Gasteiger partial charge in [0.1, 0.15) is 16.9 Å². The van der Waals surface area contributed by atoms with Crippen molar-refractivity contribution >= 4 is 28.6 Å². The molecule has 0 bridgehead atoms. The van der Waals surface area contributed by atoms with Gasteiger partial charge in [0.05, 0.1) is 12.9 Å². The van der Waals surface area contributed by atoms with Crippen molar-refractivity contribution in [3.63, 3.8) is 0 Å². The fourth-order valence-electron chi connectivity index (χ4n) is 5.87. The van der Waals surface area contributed by atoms with Gasteiger partial charge in [-0.1, -0.05) is 90.6 Å². The summed E-state index contributed by atoms with van der Waals surface area (Å²) >= 11 is 1.70. The molecule has 1 fully saturated rings. The van der Waals surface area contributed by atoms with E-state index in [1.165, 1.54) is 59.4 Å². The lowest BCUT2D eigenvalue weighted by Gasteiger charge is -2.16. The molecule has 0 amide bonds. The van der Waals surface area contributed by atoms with Gasteiger partial charge in [0.25, 0.3) is 0 Å². The lowest BCUT2D eigenvalue weighted by Crippen LogP contribution is -2.33. The zero-order valence-electron chi connectivity index (χ0n) is 24.9. The molecule has 4 heterocycles. The zero-order chi connectivity index (χ0) is 29.6. The van der Waals surface area contributed by atoms with E-state index in [-0.39, 0.29) is 0 Å². The molecule has 0 unspecified atom stereocenters. The van der Waals surface area contributed by atoms with Crippen molar-refractivity contribution in [1.29, 1.82) is 0 Å². The number of nitrogens with zero attached hydrogens (tertiary/aromatic N) is 6. The molecule has 0 radical (unpaired) electrons. The van der Waals surface area contributed by atoms with Gasteiger partial charge in [-0.2, -0.15) is 0 Å². The van der Waals surface area contributed by atoms with Crippen molar-refractivity contribution in [2.45, 2.75) is 49.6 Å². The van der Waals surface area contributed by atoms with Gasteiger partial charge in [-0.05, 0) is 47.9 Å². The SMILES string of the molecule is c1ccc(CSc2ncnc3c2ncn3Cc2ccc(CCc3ccc(C[n+]4ccc(N5CCCC5)cc4)cc3)cc2)cc1. The van der Waals surface area contributed by atoms with Crippen LogP contribution < -0.4 is 9.47 Å². The van der Waals surface area contributed by atoms with Crippen LogP contribution in [0.3, 0.4) is 0 Å². The van der Waals surface area contributed by atoms with E-state index in [1.54, 1.807) is 18.1 Å². The zero-order valence-corrected chi connectivity index (χ0v) is 25.7. The highest BCUT2D eigenvalue weighted by Gasteiger charge is 2.14. The Morgan fingerprint density at radius 3 is 2.02 bits per heavy atom. The Labute approximate surface area is 263 Å². The summed E-state index contributed by atoms with van der Waals surface area (Å²) in [4.78, 5) is 16.2. The fourth-order valence-corrected chi connectivity index (χ4v) is 6.76. The number of thioether (sulfide) groups is 1. The standard InChI is InChI=1S/C37H37N6S/c1-2-6-33(7-3-1)26-44-37-35-36(38-27-39-37)43(28-40-35)25-32-16-12-30(13-17-32)9-8-29-10-14-31(15-11-29)24-41-22-18-34(19-23-41)42-20-4-5-21-42/h1-3,6-7,10-19,22-23,27-28H,4-5,8-9,20-21,24-26H2/q+1. The molecular formula is C37H37N6S+. The molecule has 1 saturated heterocycles. The van der Waals surface area contributed by atoms with Gasteiger partial charge in [0.15, 0.2) is 24.6 Å². The fraction of sp³-hybridized carbons (Fsp3) is 0.243. The van der Waals surface area contributed by atoms with Gasteiger partial charge in [-0.25, -0.2) is 19.5 Å². The van der Waals surface area contributed by atoms with E-state index in [0.717, 1.165) is 47.9 Å². The summed E-state index contributed by atoms with van der Waals surface area (Å²) in [5.74, 6) is 0.859. The van der Waals surface area contributed by atoms with Gasteiger partial charge >= 0.3 is 0 Å². The molecule has 0 N–H and O–H groups in total. The number of aryl methyl sites for hydroxylation is 2. The molecule has 0 atom stereocenters. The largest absolute Gasteiger partial charge is 0.371 e. The molecule has 3 aromatic carbocycles. The lowest BCUT2D eigenvalue weighted by molar-refractivity contribution is -0.688. The second-order valence-electron chi connectivity index (χ2n) is 11.6. The maximum atomic E-state index is 4.67. The smallest absolute Gasteiger partial charge is 0.173 e. The Morgan fingerprint density at radius 2 is 1.32 bits per heavy atom. The lowest BCUT2D eigenvalue weighted by atomic mass is 10.0. The second-order valence-corrected chi connectivity index (χ2v) is 12.5. The molecule has 7 heteroatoms. The highest BCUT2D eigenvalue weighted by Crippen LogP contribution is 2.27. The van der Waals surface area contributed by atoms with Crippen molar-refractivity contribution in [1.82, 2.24) is 19.5 Å². The first-order valence-corrected chi connectivity index (χ1v) is 16.5. The van der Waals surface area contributed by atoms with Gasteiger partial charge in [-0.15, -0.1) is 0 Å². The summed E-state index contributed by atoms with van der Waals surface area (Å²) in [7, 11) is 0. The molecule has 7 rings (SSSR count). The molecule has 0 spiro atoms. The maximum absolute atomic E-state index is 4.67. The van der Waals surface area contributed by atoms with Crippen LogP contribution in [0.4, 0.5) is 5.69 Å². The minimum Gasteiger partial charge on any atom is -0.371 e. The topological polar surface area (TPSA) is 50.7 Å². The van der Waals surface area contributed by atoms with Crippen LogP contribution in [0, 0.1) is 0 Å². The van der Waals surface area contributed by atoms with Crippen LogP contribution in [0.15, 0.2) is 121 Å². The molecule has 0 aliphatic carbocycles. The summed E-state index contributed by atoms with van der Waals surface area (Å²) < 4.78 is 4.37. The van der Waals surface area contributed by atoms with Crippen molar-refractivity contribution in [3.8, 4) is 0 Å². The molecule has 220 valence electrons. The van der Waals surface area contributed by atoms with Crippen LogP contribution in [0.2, 0.25) is 0 Å². The predicted octanol–water partition coefficient (Wildman–Crippen LogP) is 6.89. The number of benzene rings is 3. The van der Waals surface area contributed by atoms with E-state index in [4.69, 9.17) is 0 Å². The van der Waals surface area contributed by atoms with E-state index < -0.39 is 0 Å². The van der Waals surface area contributed by atoms with E-state index in [1.807, 2.05) is 12.4 Å². The molecule has 3 aromatic heterocycles. The van der Waals surface area contributed by atoms with Crippen molar-refractivity contribution < 1.29 is 4.57 Å². The van der Waals surface area contributed by atoms with Crippen LogP contribution in [0.5, 0.6) is 0 Å². The summed E-state index contributed by atoms with van der Waals surface area (Å²) in [6, 6.07) is 33.0. The monoisotopic (exact) mass is 597 g/mol. The molecule has 1 aliphatic rings. The predicted molar refractivity (Wildman–Crippen MR) is 178 cm³/mol. The Balaban J connectivity index is 0.917. The first kappa shape index (κ1) is 28.3. The van der Waals surface area contributed by atoms with Crippen LogP contribution in [0.1, 0.15) is 40.7 Å². The summed E-state index contributed by atoms with van der Waals surface area (Å²) in [6.45, 7) is 4.00. The van der Waals surface area contributed by atoms with Crippen LogP contribution in [0.25, 0.3) is 11.2 Å². The van der Waals surface area contributed by atoms with Gasteiger partial charge < -0.3 is 9.47 Å². The molecule has 1 aliphatic heterocycles. The summed E-state index contributed by atoms with van der Waals surface area (Å²) in [6.07, 6.45) is 12.6. The van der Waals surface area contributed by atoms with E-state index in [9.17, 15) is 0 Å². The summed E-state index contributed by atoms with van der Waals surface area (Å²) in [5.41, 5.74) is 9.65. The molecule has 6 aromatic rings. The maximum Gasteiger partial charge on any atom is 0.173 e.